The molecule has 3 heteroatoms. The molecule has 1 saturated heterocycles. The maximum atomic E-state index is 5.53. The van der Waals surface area contributed by atoms with Crippen LogP contribution in [0.25, 0.3) is 0 Å². The van der Waals surface area contributed by atoms with Crippen molar-refractivity contribution >= 4 is 11.6 Å². The summed E-state index contributed by atoms with van der Waals surface area (Å²) < 4.78 is 10.9. The lowest BCUT2D eigenvalue weighted by atomic mass is 10.1. The van der Waals surface area contributed by atoms with Gasteiger partial charge in [0.05, 0.1) is 13.2 Å². The van der Waals surface area contributed by atoms with Crippen LogP contribution in [0, 0.1) is 11.8 Å². The van der Waals surface area contributed by atoms with Crippen molar-refractivity contribution in [3.63, 3.8) is 0 Å². The molecule has 2 nitrogen and oxygen atoms in total. The standard InChI is InChI=1S/C11H17ClO2/c1-11(13-9-10-14-11)7-5-3-2-4-6-8-12/h4-10H2,1H3. The van der Waals surface area contributed by atoms with Gasteiger partial charge in [-0.3, -0.25) is 0 Å². The number of halogens is 1. The van der Waals surface area contributed by atoms with Crippen molar-refractivity contribution in [3.05, 3.63) is 0 Å². The van der Waals surface area contributed by atoms with E-state index >= 15 is 0 Å². The van der Waals surface area contributed by atoms with Crippen LogP contribution in [0.3, 0.4) is 0 Å². The fourth-order valence-corrected chi connectivity index (χ4v) is 1.46. The van der Waals surface area contributed by atoms with Gasteiger partial charge in [-0.05, 0) is 13.3 Å². The fourth-order valence-electron chi connectivity index (χ4n) is 1.32. The van der Waals surface area contributed by atoms with Gasteiger partial charge in [0.2, 0.25) is 0 Å². The summed E-state index contributed by atoms with van der Waals surface area (Å²) in [7, 11) is 0. The second-order valence-corrected chi connectivity index (χ2v) is 3.85. The summed E-state index contributed by atoms with van der Waals surface area (Å²) in [5, 5.41) is 0. The summed E-state index contributed by atoms with van der Waals surface area (Å²) in [6, 6.07) is 0. The first-order chi connectivity index (χ1) is 6.77. The van der Waals surface area contributed by atoms with Crippen LogP contribution in [-0.4, -0.2) is 24.9 Å². The third-order valence-corrected chi connectivity index (χ3v) is 2.43. The Bertz CT molecular complexity index is 211. The van der Waals surface area contributed by atoms with Gasteiger partial charge in [0.25, 0.3) is 0 Å². The molecule has 1 fully saturated rings. The molecule has 80 valence electrons. The normalized spacial score (nSPS) is 19.0. The van der Waals surface area contributed by atoms with Crippen LogP contribution < -0.4 is 0 Å². The Morgan fingerprint density at radius 2 is 1.86 bits per heavy atom. The number of ether oxygens (including phenoxy) is 2. The van der Waals surface area contributed by atoms with E-state index in [9.17, 15) is 0 Å². The fraction of sp³-hybridized carbons (Fsp3) is 0.818. The van der Waals surface area contributed by atoms with Crippen LogP contribution in [0.5, 0.6) is 0 Å². The topological polar surface area (TPSA) is 18.5 Å². The minimum Gasteiger partial charge on any atom is -0.348 e. The van der Waals surface area contributed by atoms with Gasteiger partial charge >= 0.3 is 0 Å². The number of hydrogen-bond donors (Lipinski definition) is 0. The molecule has 1 rings (SSSR count). The van der Waals surface area contributed by atoms with Crippen molar-refractivity contribution in [2.24, 2.45) is 0 Å². The maximum Gasteiger partial charge on any atom is 0.166 e. The Hall–Kier alpha value is -0.230. The molecule has 1 heterocycles. The lowest BCUT2D eigenvalue weighted by Crippen LogP contribution is -2.24. The van der Waals surface area contributed by atoms with E-state index < -0.39 is 0 Å². The minimum atomic E-state index is -0.388. The van der Waals surface area contributed by atoms with E-state index in [0.717, 1.165) is 25.7 Å². The summed E-state index contributed by atoms with van der Waals surface area (Å²) in [4.78, 5) is 0. The summed E-state index contributed by atoms with van der Waals surface area (Å²) in [5.41, 5.74) is 0. The highest BCUT2D eigenvalue weighted by Crippen LogP contribution is 2.23. The molecule has 1 aliphatic rings. The number of alkyl halides is 1. The molecule has 0 unspecified atom stereocenters. The van der Waals surface area contributed by atoms with E-state index in [1.54, 1.807) is 0 Å². The van der Waals surface area contributed by atoms with Crippen molar-refractivity contribution in [1.82, 2.24) is 0 Å². The zero-order valence-corrected chi connectivity index (χ0v) is 9.40. The molecule has 0 N–H and O–H groups in total. The van der Waals surface area contributed by atoms with Gasteiger partial charge < -0.3 is 9.47 Å². The third kappa shape index (κ3) is 4.32. The molecular formula is C11H17ClO2. The van der Waals surface area contributed by atoms with Gasteiger partial charge in [0.1, 0.15) is 0 Å². The summed E-state index contributed by atoms with van der Waals surface area (Å²) in [6.45, 7) is 3.38. The van der Waals surface area contributed by atoms with Crippen LogP contribution in [0.15, 0.2) is 0 Å². The monoisotopic (exact) mass is 216 g/mol. The number of hydrogen-bond acceptors (Lipinski definition) is 2. The molecule has 0 radical (unpaired) electrons. The van der Waals surface area contributed by atoms with Crippen LogP contribution in [0.4, 0.5) is 0 Å². The zero-order valence-electron chi connectivity index (χ0n) is 8.64. The molecule has 14 heavy (non-hydrogen) atoms. The van der Waals surface area contributed by atoms with Crippen molar-refractivity contribution < 1.29 is 9.47 Å². The van der Waals surface area contributed by atoms with Crippen molar-refractivity contribution in [1.29, 1.82) is 0 Å². The Balaban J connectivity index is 2.09. The van der Waals surface area contributed by atoms with Gasteiger partial charge in [-0.15, -0.1) is 23.4 Å². The zero-order chi connectivity index (χ0) is 10.3. The first-order valence-corrected chi connectivity index (χ1v) is 5.60. The van der Waals surface area contributed by atoms with Gasteiger partial charge in [0, 0.05) is 25.1 Å². The average Bonchev–Trinajstić information content (AvgIpc) is 2.59. The molecule has 0 aromatic rings. The predicted octanol–water partition coefficient (Wildman–Crippen LogP) is 2.55. The van der Waals surface area contributed by atoms with Crippen molar-refractivity contribution in [2.75, 3.05) is 19.1 Å². The van der Waals surface area contributed by atoms with E-state index in [-0.39, 0.29) is 5.79 Å². The third-order valence-electron chi connectivity index (χ3n) is 2.16. The van der Waals surface area contributed by atoms with E-state index in [2.05, 4.69) is 11.8 Å². The van der Waals surface area contributed by atoms with E-state index in [1.807, 2.05) is 6.92 Å². The molecule has 0 aromatic heterocycles. The molecule has 0 aromatic carbocycles. The summed E-state index contributed by atoms with van der Waals surface area (Å²) in [6.07, 6.45) is 3.54. The smallest absolute Gasteiger partial charge is 0.166 e. The second-order valence-electron chi connectivity index (χ2n) is 3.48. The quantitative estimate of drug-likeness (QED) is 0.409. The molecular weight excluding hydrogens is 200 g/mol. The average molecular weight is 217 g/mol. The Labute approximate surface area is 90.9 Å². The molecule has 0 spiro atoms. The van der Waals surface area contributed by atoms with Gasteiger partial charge in [-0.1, -0.05) is 0 Å². The second kappa shape index (κ2) is 6.29. The Morgan fingerprint density at radius 3 is 2.50 bits per heavy atom. The van der Waals surface area contributed by atoms with Gasteiger partial charge in [0.15, 0.2) is 5.79 Å². The lowest BCUT2D eigenvalue weighted by molar-refractivity contribution is -0.145. The largest absolute Gasteiger partial charge is 0.348 e. The molecule has 0 bridgehead atoms. The maximum absolute atomic E-state index is 5.53. The van der Waals surface area contributed by atoms with Crippen molar-refractivity contribution in [3.8, 4) is 11.8 Å². The summed E-state index contributed by atoms with van der Waals surface area (Å²) in [5.74, 6) is 6.49. The summed E-state index contributed by atoms with van der Waals surface area (Å²) >= 11 is 5.53. The molecule has 0 saturated carbocycles. The predicted molar refractivity (Wildman–Crippen MR) is 57.3 cm³/mol. The number of rotatable bonds is 4. The highest BCUT2D eigenvalue weighted by molar-refractivity contribution is 6.17. The molecule has 1 aliphatic heterocycles. The highest BCUT2D eigenvalue weighted by Gasteiger charge is 2.29. The van der Waals surface area contributed by atoms with E-state index in [1.165, 1.54) is 0 Å². The minimum absolute atomic E-state index is 0.388. The van der Waals surface area contributed by atoms with Crippen LogP contribution in [0.1, 0.15) is 32.6 Å². The van der Waals surface area contributed by atoms with Gasteiger partial charge in [-0.2, -0.15) is 0 Å². The van der Waals surface area contributed by atoms with Crippen molar-refractivity contribution in [2.45, 2.75) is 38.4 Å². The Morgan fingerprint density at radius 1 is 1.21 bits per heavy atom. The van der Waals surface area contributed by atoms with Crippen LogP contribution >= 0.6 is 11.6 Å². The first-order valence-electron chi connectivity index (χ1n) is 5.06. The Kier molecular flexibility index (Phi) is 5.32. The van der Waals surface area contributed by atoms with Crippen LogP contribution in [0.2, 0.25) is 0 Å². The highest BCUT2D eigenvalue weighted by atomic mass is 35.5. The molecule has 0 atom stereocenters. The molecule has 0 aliphatic carbocycles. The van der Waals surface area contributed by atoms with Gasteiger partial charge in [-0.25, -0.2) is 0 Å². The van der Waals surface area contributed by atoms with E-state index in [4.69, 9.17) is 21.1 Å². The molecule has 0 amide bonds. The number of unbranched alkanes of at least 4 members (excludes halogenated alkanes) is 1. The first kappa shape index (κ1) is 11.8. The van der Waals surface area contributed by atoms with Crippen LogP contribution in [-0.2, 0) is 9.47 Å². The van der Waals surface area contributed by atoms with E-state index in [0.29, 0.717) is 19.1 Å². The lowest BCUT2D eigenvalue weighted by Gasteiger charge is -2.20. The SMILES string of the molecule is CC1(CCC#CCCCCl)OCCO1.